The van der Waals surface area contributed by atoms with Crippen molar-refractivity contribution in [3.8, 4) is 6.07 Å². The first-order chi connectivity index (χ1) is 7.50. The van der Waals surface area contributed by atoms with Gasteiger partial charge in [0.15, 0.2) is 0 Å². The zero-order valence-corrected chi connectivity index (χ0v) is 10.3. The summed E-state index contributed by atoms with van der Waals surface area (Å²) in [6, 6.07) is 2.64. The van der Waals surface area contributed by atoms with Gasteiger partial charge in [-0.25, -0.2) is 4.98 Å². The highest BCUT2D eigenvalue weighted by Crippen LogP contribution is 2.19. The first-order valence-electron chi connectivity index (χ1n) is 5.51. The third-order valence-corrected chi connectivity index (χ3v) is 2.61. The van der Waals surface area contributed by atoms with Gasteiger partial charge >= 0.3 is 0 Å². The number of rotatable bonds is 5. The second-order valence-corrected chi connectivity index (χ2v) is 4.63. The monoisotopic (exact) mass is 221 g/mol. The van der Waals surface area contributed by atoms with Gasteiger partial charge in [-0.3, -0.25) is 10.00 Å². The quantitative estimate of drug-likeness (QED) is 0.811. The Morgan fingerprint density at radius 1 is 1.44 bits per heavy atom. The SMILES string of the molecule is CC(C)NC(C#N)(Cn1cncn1)C(C)C. The zero-order chi connectivity index (χ0) is 12.2. The number of aromatic nitrogens is 3. The molecule has 1 aromatic heterocycles. The molecule has 0 saturated heterocycles. The van der Waals surface area contributed by atoms with E-state index < -0.39 is 5.54 Å². The Balaban J connectivity index is 2.90. The van der Waals surface area contributed by atoms with Crippen molar-refractivity contribution < 1.29 is 0 Å². The van der Waals surface area contributed by atoms with Crippen LogP contribution in [-0.2, 0) is 6.54 Å². The maximum Gasteiger partial charge on any atom is 0.137 e. The minimum absolute atomic E-state index is 0.198. The minimum Gasteiger partial charge on any atom is -0.295 e. The van der Waals surface area contributed by atoms with Crippen molar-refractivity contribution >= 4 is 0 Å². The fraction of sp³-hybridized carbons (Fsp3) is 0.727. The van der Waals surface area contributed by atoms with Gasteiger partial charge in [-0.2, -0.15) is 10.4 Å². The van der Waals surface area contributed by atoms with Crippen LogP contribution in [0.15, 0.2) is 12.7 Å². The number of nitrogens with zero attached hydrogens (tertiary/aromatic N) is 4. The van der Waals surface area contributed by atoms with E-state index >= 15 is 0 Å². The van der Waals surface area contributed by atoms with Crippen LogP contribution in [0.4, 0.5) is 0 Å². The van der Waals surface area contributed by atoms with E-state index in [9.17, 15) is 5.26 Å². The predicted molar refractivity (Wildman–Crippen MR) is 61.5 cm³/mol. The van der Waals surface area contributed by atoms with Crippen LogP contribution in [0.1, 0.15) is 27.7 Å². The van der Waals surface area contributed by atoms with Crippen molar-refractivity contribution in [2.45, 2.75) is 45.8 Å². The van der Waals surface area contributed by atoms with Gasteiger partial charge < -0.3 is 0 Å². The van der Waals surface area contributed by atoms with E-state index in [2.05, 4.69) is 21.5 Å². The molecular weight excluding hydrogens is 202 g/mol. The molecular formula is C11H19N5. The maximum absolute atomic E-state index is 9.42. The Bertz CT molecular complexity index is 349. The molecule has 1 atom stereocenters. The smallest absolute Gasteiger partial charge is 0.137 e. The summed E-state index contributed by atoms with van der Waals surface area (Å²) in [4.78, 5) is 3.89. The molecule has 1 N–H and O–H groups in total. The summed E-state index contributed by atoms with van der Waals surface area (Å²) in [6.07, 6.45) is 3.12. The lowest BCUT2D eigenvalue weighted by atomic mass is 9.87. The van der Waals surface area contributed by atoms with Gasteiger partial charge in [-0.05, 0) is 19.8 Å². The summed E-state index contributed by atoms with van der Waals surface area (Å²) < 4.78 is 1.69. The van der Waals surface area contributed by atoms with E-state index in [1.165, 1.54) is 6.33 Å². The average molecular weight is 221 g/mol. The van der Waals surface area contributed by atoms with Crippen LogP contribution in [0.3, 0.4) is 0 Å². The topological polar surface area (TPSA) is 66.5 Å². The van der Waals surface area contributed by atoms with Crippen LogP contribution >= 0.6 is 0 Å². The van der Waals surface area contributed by atoms with Gasteiger partial charge in [0.1, 0.15) is 18.2 Å². The van der Waals surface area contributed by atoms with Crippen LogP contribution in [-0.4, -0.2) is 26.3 Å². The Hall–Kier alpha value is -1.41. The van der Waals surface area contributed by atoms with Crippen LogP contribution in [0.5, 0.6) is 0 Å². The first kappa shape index (κ1) is 12.7. The predicted octanol–water partition coefficient (Wildman–Crippen LogP) is 1.19. The molecule has 0 aliphatic carbocycles. The van der Waals surface area contributed by atoms with Gasteiger partial charge in [0.25, 0.3) is 0 Å². The lowest BCUT2D eigenvalue weighted by Gasteiger charge is -2.33. The van der Waals surface area contributed by atoms with E-state index in [0.717, 1.165) is 0 Å². The van der Waals surface area contributed by atoms with Crippen LogP contribution in [0.25, 0.3) is 0 Å². The van der Waals surface area contributed by atoms with Crippen molar-refractivity contribution in [1.82, 2.24) is 20.1 Å². The van der Waals surface area contributed by atoms with E-state index in [-0.39, 0.29) is 12.0 Å². The van der Waals surface area contributed by atoms with Crippen molar-refractivity contribution in [2.24, 2.45) is 5.92 Å². The Labute approximate surface area is 96.5 Å². The second-order valence-electron chi connectivity index (χ2n) is 4.63. The van der Waals surface area contributed by atoms with E-state index in [4.69, 9.17) is 0 Å². The molecule has 0 aliphatic rings. The standard InChI is InChI=1S/C11H19N5/c1-9(2)11(5-12,15-10(3)4)6-16-8-13-7-14-16/h7-10,15H,6H2,1-4H3. The summed E-state index contributed by atoms with van der Waals surface area (Å²) in [5, 5.41) is 16.8. The molecule has 0 spiro atoms. The molecule has 1 rings (SSSR count). The molecule has 0 fully saturated rings. The molecule has 16 heavy (non-hydrogen) atoms. The molecule has 0 aromatic carbocycles. The molecule has 0 bridgehead atoms. The molecule has 5 nitrogen and oxygen atoms in total. The van der Waals surface area contributed by atoms with Gasteiger partial charge in [0, 0.05) is 6.04 Å². The minimum atomic E-state index is -0.595. The first-order valence-corrected chi connectivity index (χ1v) is 5.51. The molecule has 1 unspecified atom stereocenters. The molecule has 0 saturated carbocycles. The number of nitrogens with one attached hydrogen (secondary N) is 1. The summed E-state index contributed by atoms with van der Waals surface area (Å²) in [7, 11) is 0. The van der Waals surface area contributed by atoms with E-state index in [0.29, 0.717) is 6.54 Å². The molecule has 0 amide bonds. The fourth-order valence-corrected chi connectivity index (χ4v) is 1.68. The highest BCUT2D eigenvalue weighted by atomic mass is 15.3. The number of nitriles is 1. The largest absolute Gasteiger partial charge is 0.295 e. The van der Waals surface area contributed by atoms with Crippen LogP contribution < -0.4 is 5.32 Å². The molecule has 1 aromatic rings. The summed E-state index contributed by atoms with van der Waals surface area (Å²) in [5.74, 6) is 0.198. The zero-order valence-electron chi connectivity index (χ0n) is 10.3. The van der Waals surface area contributed by atoms with E-state index in [1.54, 1.807) is 11.0 Å². The summed E-state index contributed by atoms with van der Waals surface area (Å²) >= 11 is 0. The Morgan fingerprint density at radius 2 is 2.12 bits per heavy atom. The number of hydrogen-bond acceptors (Lipinski definition) is 4. The van der Waals surface area contributed by atoms with Gasteiger partial charge in [-0.15, -0.1) is 0 Å². The molecule has 1 heterocycles. The Kier molecular flexibility index (Phi) is 4.02. The van der Waals surface area contributed by atoms with Crippen LogP contribution in [0, 0.1) is 17.2 Å². The van der Waals surface area contributed by atoms with E-state index in [1.807, 2.05) is 27.7 Å². The fourth-order valence-electron chi connectivity index (χ4n) is 1.68. The third-order valence-electron chi connectivity index (χ3n) is 2.61. The highest BCUT2D eigenvalue weighted by Gasteiger charge is 2.35. The molecule has 0 radical (unpaired) electrons. The normalized spacial score (nSPS) is 15.1. The maximum atomic E-state index is 9.42. The number of hydrogen-bond donors (Lipinski definition) is 1. The van der Waals surface area contributed by atoms with Crippen molar-refractivity contribution in [1.29, 1.82) is 5.26 Å². The second kappa shape index (κ2) is 5.08. The molecule has 88 valence electrons. The van der Waals surface area contributed by atoms with Gasteiger partial charge in [-0.1, -0.05) is 13.8 Å². The average Bonchev–Trinajstić information content (AvgIpc) is 2.68. The third kappa shape index (κ3) is 2.80. The van der Waals surface area contributed by atoms with Gasteiger partial charge in [0.05, 0.1) is 12.6 Å². The lowest BCUT2D eigenvalue weighted by Crippen LogP contribution is -2.54. The van der Waals surface area contributed by atoms with Gasteiger partial charge in [0.2, 0.25) is 0 Å². The molecule has 0 aliphatic heterocycles. The van der Waals surface area contributed by atoms with Crippen molar-refractivity contribution in [2.75, 3.05) is 0 Å². The summed E-state index contributed by atoms with van der Waals surface area (Å²) in [5.41, 5.74) is -0.595. The lowest BCUT2D eigenvalue weighted by molar-refractivity contribution is 0.244. The molecule has 5 heteroatoms. The Morgan fingerprint density at radius 3 is 2.50 bits per heavy atom. The highest BCUT2D eigenvalue weighted by molar-refractivity contribution is 5.09. The van der Waals surface area contributed by atoms with Crippen molar-refractivity contribution in [3.05, 3.63) is 12.7 Å². The summed E-state index contributed by atoms with van der Waals surface area (Å²) in [6.45, 7) is 8.66. The van der Waals surface area contributed by atoms with Crippen molar-refractivity contribution in [3.63, 3.8) is 0 Å². The van der Waals surface area contributed by atoms with Crippen LogP contribution in [0.2, 0.25) is 0 Å².